The Bertz CT molecular complexity index is 808. The highest BCUT2D eigenvalue weighted by Crippen LogP contribution is 2.24. The first-order valence-electron chi connectivity index (χ1n) is 8.03. The predicted octanol–water partition coefficient (Wildman–Crippen LogP) is 2.39. The number of amides is 1. The molecule has 0 bridgehead atoms. The van der Waals surface area contributed by atoms with Crippen molar-refractivity contribution >= 4 is 11.9 Å². The van der Waals surface area contributed by atoms with Crippen LogP contribution in [0.3, 0.4) is 0 Å². The molecular formula is C18H18FN3O3. The number of carboxylic acid groups (broad SMARTS) is 1. The Hall–Kier alpha value is -2.83. The molecule has 0 aliphatic carbocycles. The van der Waals surface area contributed by atoms with Gasteiger partial charge in [0.2, 0.25) is 5.91 Å². The molecule has 6 nitrogen and oxygen atoms in total. The third-order valence-electron chi connectivity index (χ3n) is 4.42. The number of nitrogens with zero attached hydrogens (tertiary/aromatic N) is 3. The smallest absolute Gasteiger partial charge is 0.336 e. The fraction of sp³-hybridized carbons (Fsp3) is 0.333. The molecule has 130 valence electrons. The number of carbonyl (C=O) groups is 2. The Kier molecular flexibility index (Phi) is 4.74. The van der Waals surface area contributed by atoms with Crippen LogP contribution in [0.4, 0.5) is 4.39 Å². The first kappa shape index (κ1) is 17.0. The highest BCUT2D eigenvalue weighted by molar-refractivity contribution is 5.95. The van der Waals surface area contributed by atoms with E-state index in [-0.39, 0.29) is 17.0 Å². The second-order valence-corrected chi connectivity index (χ2v) is 6.21. The van der Waals surface area contributed by atoms with Crippen molar-refractivity contribution in [1.82, 2.24) is 14.9 Å². The van der Waals surface area contributed by atoms with Crippen LogP contribution in [0, 0.1) is 11.7 Å². The summed E-state index contributed by atoms with van der Waals surface area (Å²) in [4.78, 5) is 33.1. The van der Waals surface area contributed by atoms with Gasteiger partial charge in [0.25, 0.3) is 0 Å². The van der Waals surface area contributed by atoms with E-state index in [4.69, 9.17) is 0 Å². The van der Waals surface area contributed by atoms with E-state index in [0.717, 1.165) is 30.8 Å². The van der Waals surface area contributed by atoms with Crippen LogP contribution < -0.4 is 0 Å². The molecule has 1 N–H and O–H groups in total. The molecule has 0 saturated carbocycles. The first-order chi connectivity index (χ1) is 11.9. The standard InChI is InChI=1S/C18H18FN3O3/c1-11(23)22-5-4-12(10-22)6-14-8-21-17(9-20-14)16-7-13(19)2-3-15(16)18(24)25/h2-3,7-9,12H,4-6,10H2,1H3,(H,24,25). The van der Waals surface area contributed by atoms with E-state index in [1.54, 1.807) is 13.1 Å². The van der Waals surface area contributed by atoms with Gasteiger partial charge in [-0.05, 0) is 37.0 Å². The van der Waals surface area contributed by atoms with E-state index < -0.39 is 11.8 Å². The minimum absolute atomic E-state index is 0.0173. The molecule has 3 rings (SSSR count). The van der Waals surface area contributed by atoms with Crippen LogP contribution >= 0.6 is 0 Å². The highest BCUT2D eigenvalue weighted by Gasteiger charge is 2.24. The molecule has 1 saturated heterocycles. The molecule has 1 aliphatic rings. The van der Waals surface area contributed by atoms with Gasteiger partial charge in [-0.3, -0.25) is 14.8 Å². The second kappa shape index (κ2) is 6.96. The quantitative estimate of drug-likeness (QED) is 0.921. The monoisotopic (exact) mass is 343 g/mol. The van der Waals surface area contributed by atoms with Crippen molar-refractivity contribution in [1.29, 1.82) is 0 Å². The zero-order valence-corrected chi connectivity index (χ0v) is 13.8. The molecule has 1 unspecified atom stereocenters. The first-order valence-corrected chi connectivity index (χ1v) is 8.03. The number of hydrogen-bond donors (Lipinski definition) is 1. The average Bonchev–Trinajstić information content (AvgIpc) is 3.04. The van der Waals surface area contributed by atoms with Gasteiger partial charge in [-0.1, -0.05) is 0 Å². The SMILES string of the molecule is CC(=O)N1CCC(Cc2cnc(-c3cc(F)ccc3C(=O)O)cn2)C1. The maximum absolute atomic E-state index is 13.5. The summed E-state index contributed by atoms with van der Waals surface area (Å²) in [6.07, 6.45) is 4.68. The molecule has 7 heteroatoms. The number of aromatic carboxylic acids is 1. The predicted molar refractivity (Wildman–Crippen MR) is 88.5 cm³/mol. The van der Waals surface area contributed by atoms with Crippen LogP contribution in [0.15, 0.2) is 30.6 Å². The third-order valence-corrected chi connectivity index (χ3v) is 4.42. The molecule has 1 aromatic heterocycles. The topological polar surface area (TPSA) is 83.4 Å². The van der Waals surface area contributed by atoms with Crippen LogP contribution in [-0.2, 0) is 11.2 Å². The second-order valence-electron chi connectivity index (χ2n) is 6.21. The van der Waals surface area contributed by atoms with E-state index in [9.17, 15) is 19.1 Å². The summed E-state index contributed by atoms with van der Waals surface area (Å²) < 4.78 is 13.5. The van der Waals surface area contributed by atoms with Crippen LogP contribution in [0.1, 0.15) is 29.4 Å². The Morgan fingerprint density at radius 3 is 2.72 bits per heavy atom. The molecule has 2 aromatic rings. The fourth-order valence-electron chi connectivity index (χ4n) is 3.10. The van der Waals surface area contributed by atoms with Gasteiger partial charge in [0, 0.05) is 31.8 Å². The van der Waals surface area contributed by atoms with Crippen molar-refractivity contribution < 1.29 is 19.1 Å². The molecule has 1 fully saturated rings. The lowest BCUT2D eigenvalue weighted by Gasteiger charge is -2.13. The Morgan fingerprint density at radius 2 is 2.12 bits per heavy atom. The summed E-state index contributed by atoms with van der Waals surface area (Å²) in [6.45, 7) is 3.04. The fourth-order valence-corrected chi connectivity index (χ4v) is 3.10. The van der Waals surface area contributed by atoms with Crippen LogP contribution in [0.25, 0.3) is 11.3 Å². The lowest BCUT2D eigenvalue weighted by molar-refractivity contribution is -0.127. The van der Waals surface area contributed by atoms with Crippen LogP contribution in [-0.4, -0.2) is 44.9 Å². The Labute approximate surface area is 144 Å². The van der Waals surface area contributed by atoms with E-state index in [1.807, 2.05) is 4.90 Å². The molecule has 1 aliphatic heterocycles. The van der Waals surface area contributed by atoms with Crippen molar-refractivity contribution in [2.75, 3.05) is 13.1 Å². The summed E-state index contributed by atoms with van der Waals surface area (Å²) in [5.74, 6) is -1.25. The van der Waals surface area contributed by atoms with E-state index in [1.165, 1.54) is 12.3 Å². The van der Waals surface area contributed by atoms with Crippen LogP contribution in [0.2, 0.25) is 0 Å². The number of aromatic nitrogens is 2. The van der Waals surface area contributed by atoms with Gasteiger partial charge in [-0.2, -0.15) is 0 Å². The summed E-state index contributed by atoms with van der Waals surface area (Å²) in [7, 11) is 0. The van der Waals surface area contributed by atoms with Crippen molar-refractivity contribution in [3.8, 4) is 11.3 Å². The number of halogens is 1. The molecule has 1 amide bonds. The highest BCUT2D eigenvalue weighted by atomic mass is 19.1. The van der Waals surface area contributed by atoms with Crippen molar-refractivity contribution in [3.05, 3.63) is 47.7 Å². The van der Waals surface area contributed by atoms with E-state index >= 15 is 0 Å². The third kappa shape index (κ3) is 3.81. The van der Waals surface area contributed by atoms with E-state index in [2.05, 4.69) is 9.97 Å². The summed E-state index contributed by atoms with van der Waals surface area (Å²) in [5, 5.41) is 9.23. The maximum Gasteiger partial charge on any atom is 0.336 e. The van der Waals surface area contributed by atoms with Gasteiger partial charge >= 0.3 is 5.97 Å². The average molecular weight is 343 g/mol. The van der Waals surface area contributed by atoms with Crippen LogP contribution in [0.5, 0.6) is 0 Å². The molecule has 0 radical (unpaired) electrons. The Balaban J connectivity index is 1.76. The van der Waals surface area contributed by atoms with Crippen molar-refractivity contribution in [2.45, 2.75) is 19.8 Å². The lowest BCUT2D eigenvalue weighted by atomic mass is 10.0. The summed E-state index contributed by atoms with van der Waals surface area (Å²) >= 11 is 0. The minimum Gasteiger partial charge on any atom is -0.478 e. The maximum atomic E-state index is 13.5. The number of benzene rings is 1. The van der Waals surface area contributed by atoms with Gasteiger partial charge in [-0.25, -0.2) is 9.18 Å². The number of carbonyl (C=O) groups excluding carboxylic acids is 1. The van der Waals surface area contributed by atoms with Gasteiger partial charge in [0.1, 0.15) is 5.82 Å². The van der Waals surface area contributed by atoms with Gasteiger partial charge in [0.15, 0.2) is 0 Å². The molecule has 2 heterocycles. The largest absolute Gasteiger partial charge is 0.478 e. The summed E-state index contributed by atoms with van der Waals surface area (Å²) in [6, 6.07) is 3.47. The number of likely N-dealkylation sites (tertiary alicyclic amines) is 1. The van der Waals surface area contributed by atoms with Crippen molar-refractivity contribution in [3.63, 3.8) is 0 Å². The molecular weight excluding hydrogens is 325 g/mol. The summed E-state index contributed by atoms with van der Waals surface area (Å²) in [5.41, 5.74) is 1.27. The number of hydrogen-bond acceptors (Lipinski definition) is 4. The number of carboxylic acids is 1. The molecule has 1 aromatic carbocycles. The normalized spacial score (nSPS) is 16.9. The van der Waals surface area contributed by atoms with Gasteiger partial charge < -0.3 is 10.0 Å². The van der Waals surface area contributed by atoms with Gasteiger partial charge in [0.05, 0.1) is 23.1 Å². The molecule has 0 spiro atoms. The zero-order chi connectivity index (χ0) is 18.0. The zero-order valence-electron chi connectivity index (χ0n) is 13.8. The molecule has 1 atom stereocenters. The minimum atomic E-state index is -1.14. The number of rotatable bonds is 4. The lowest BCUT2D eigenvalue weighted by Crippen LogP contribution is -2.26. The van der Waals surface area contributed by atoms with E-state index in [0.29, 0.717) is 24.6 Å². The van der Waals surface area contributed by atoms with Gasteiger partial charge in [-0.15, -0.1) is 0 Å². The Morgan fingerprint density at radius 1 is 1.32 bits per heavy atom. The van der Waals surface area contributed by atoms with Crippen molar-refractivity contribution in [2.24, 2.45) is 5.92 Å². The molecule has 25 heavy (non-hydrogen) atoms.